The van der Waals surface area contributed by atoms with E-state index in [1.54, 1.807) is 13.2 Å². The van der Waals surface area contributed by atoms with Gasteiger partial charge in [-0.25, -0.2) is 0 Å². The van der Waals surface area contributed by atoms with Crippen molar-refractivity contribution in [3.05, 3.63) is 23.8 Å². The largest absolute Gasteiger partial charge is 0.497 e. The van der Waals surface area contributed by atoms with E-state index in [9.17, 15) is 0 Å². The highest BCUT2D eigenvalue weighted by atomic mass is 16.5. The lowest BCUT2D eigenvalue weighted by atomic mass is 10.2. The molecule has 0 saturated carbocycles. The van der Waals surface area contributed by atoms with Crippen molar-refractivity contribution >= 4 is 0 Å². The average molecular weight is 191 g/mol. The molecule has 0 atom stereocenters. The molecule has 2 N–H and O–H groups in total. The third-order valence-corrected chi connectivity index (χ3v) is 1.80. The number of methoxy groups -OCH3 is 1. The maximum absolute atomic E-state index is 5.56. The number of hydrogen-bond donors (Lipinski definition) is 1. The molecule has 1 aromatic carbocycles. The highest BCUT2D eigenvalue weighted by molar-refractivity contribution is 5.40. The molecule has 1 aromatic rings. The van der Waals surface area contributed by atoms with Crippen LogP contribution < -0.4 is 15.2 Å². The molecule has 0 spiro atoms. The summed E-state index contributed by atoms with van der Waals surface area (Å²) in [7, 11) is 1.61. The second kappa shape index (κ2) is 5.15. The molecule has 74 valence electrons. The number of ether oxygens (including phenoxy) is 2. The summed E-state index contributed by atoms with van der Waals surface area (Å²) in [6.45, 7) is 0.649. The summed E-state index contributed by atoms with van der Waals surface area (Å²) >= 11 is 0. The summed E-state index contributed by atoms with van der Waals surface area (Å²) in [5.41, 5.74) is 6.45. The molecular formula is C11H13NO2. The van der Waals surface area contributed by atoms with Gasteiger partial charge in [0.25, 0.3) is 0 Å². The fourth-order valence-corrected chi connectivity index (χ4v) is 1.10. The van der Waals surface area contributed by atoms with E-state index in [0.29, 0.717) is 12.3 Å². The van der Waals surface area contributed by atoms with Gasteiger partial charge in [-0.05, 0) is 18.2 Å². The minimum atomic E-state index is 0.249. The lowest BCUT2D eigenvalue weighted by Gasteiger charge is -2.09. The normalized spacial score (nSPS) is 9.21. The summed E-state index contributed by atoms with van der Waals surface area (Å²) < 4.78 is 10.4. The predicted molar refractivity (Wildman–Crippen MR) is 55.2 cm³/mol. The van der Waals surface area contributed by atoms with Gasteiger partial charge in [-0.3, -0.25) is 0 Å². The summed E-state index contributed by atoms with van der Waals surface area (Å²) in [6.07, 6.45) is 5.09. The van der Waals surface area contributed by atoms with Crippen LogP contribution in [0.3, 0.4) is 0 Å². The molecule has 0 fully saturated rings. The van der Waals surface area contributed by atoms with Crippen LogP contribution in [0.15, 0.2) is 18.2 Å². The van der Waals surface area contributed by atoms with E-state index in [-0.39, 0.29) is 6.61 Å². The van der Waals surface area contributed by atoms with Gasteiger partial charge in [-0.2, -0.15) is 0 Å². The number of terminal acetylenes is 1. The van der Waals surface area contributed by atoms with Gasteiger partial charge >= 0.3 is 0 Å². The Bertz CT molecular complexity index is 342. The Morgan fingerprint density at radius 2 is 2.29 bits per heavy atom. The first-order chi connectivity index (χ1) is 6.81. The molecule has 0 aromatic heterocycles. The zero-order valence-corrected chi connectivity index (χ0v) is 8.12. The molecule has 0 aliphatic rings. The third-order valence-electron chi connectivity index (χ3n) is 1.80. The van der Waals surface area contributed by atoms with Gasteiger partial charge in [0, 0.05) is 12.1 Å². The van der Waals surface area contributed by atoms with E-state index >= 15 is 0 Å². The third kappa shape index (κ3) is 2.41. The zero-order valence-electron chi connectivity index (χ0n) is 8.12. The monoisotopic (exact) mass is 191 g/mol. The predicted octanol–water partition coefficient (Wildman–Crippen LogP) is 1.17. The Balaban J connectivity index is 2.88. The van der Waals surface area contributed by atoms with E-state index < -0.39 is 0 Å². The molecule has 3 heteroatoms. The van der Waals surface area contributed by atoms with Crippen molar-refractivity contribution in [1.29, 1.82) is 0 Å². The van der Waals surface area contributed by atoms with Gasteiger partial charge in [0.15, 0.2) is 0 Å². The van der Waals surface area contributed by atoms with Gasteiger partial charge in [-0.1, -0.05) is 5.92 Å². The van der Waals surface area contributed by atoms with Gasteiger partial charge in [0.05, 0.1) is 7.11 Å². The first-order valence-corrected chi connectivity index (χ1v) is 4.25. The number of benzene rings is 1. The highest BCUT2D eigenvalue weighted by Crippen LogP contribution is 2.23. The van der Waals surface area contributed by atoms with Gasteiger partial charge in [0.2, 0.25) is 0 Å². The lowest BCUT2D eigenvalue weighted by molar-refractivity contribution is 0.363. The topological polar surface area (TPSA) is 44.5 Å². The Morgan fingerprint density at radius 1 is 1.50 bits per heavy atom. The maximum atomic E-state index is 5.56. The molecule has 0 radical (unpaired) electrons. The van der Waals surface area contributed by atoms with Crippen molar-refractivity contribution in [2.45, 2.75) is 6.54 Å². The Hall–Kier alpha value is -1.66. The van der Waals surface area contributed by atoms with Crippen molar-refractivity contribution in [3.63, 3.8) is 0 Å². The SMILES string of the molecule is C#CCOc1ccc(OC)cc1CN. The Labute approximate surface area is 83.8 Å². The van der Waals surface area contributed by atoms with Crippen LogP contribution >= 0.6 is 0 Å². The van der Waals surface area contributed by atoms with Crippen LogP contribution in [0.2, 0.25) is 0 Å². The summed E-state index contributed by atoms with van der Waals surface area (Å²) in [5, 5.41) is 0. The molecular weight excluding hydrogens is 178 g/mol. The fourth-order valence-electron chi connectivity index (χ4n) is 1.10. The molecule has 0 aliphatic heterocycles. The number of hydrogen-bond acceptors (Lipinski definition) is 3. The van der Waals surface area contributed by atoms with Crippen molar-refractivity contribution in [2.24, 2.45) is 5.73 Å². The van der Waals surface area contributed by atoms with E-state index in [1.807, 2.05) is 12.1 Å². The average Bonchev–Trinajstić information content (AvgIpc) is 2.26. The maximum Gasteiger partial charge on any atom is 0.148 e. The van der Waals surface area contributed by atoms with Gasteiger partial charge < -0.3 is 15.2 Å². The van der Waals surface area contributed by atoms with Crippen molar-refractivity contribution < 1.29 is 9.47 Å². The standard InChI is InChI=1S/C11H13NO2/c1-3-6-14-11-5-4-10(13-2)7-9(11)8-12/h1,4-5,7H,6,8,12H2,2H3. The Morgan fingerprint density at radius 3 is 2.86 bits per heavy atom. The number of rotatable bonds is 4. The van der Waals surface area contributed by atoms with E-state index in [0.717, 1.165) is 11.3 Å². The van der Waals surface area contributed by atoms with Crippen molar-refractivity contribution in [2.75, 3.05) is 13.7 Å². The quantitative estimate of drug-likeness (QED) is 0.726. The van der Waals surface area contributed by atoms with Crippen LogP contribution in [0.5, 0.6) is 11.5 Å². The molecule has 0 saturated heterocycles. The van der Waals surface area contributed by atoms with Crippen molar-refractivity contribution in [3.8, 4) is 23.8 Å². The second-order valence-electron chi connectivity index (χ2n) is 2.67. The van der Waals surface area contributed by atoms with Crippen LogP contribution in [0.4, 0.5) is 0 Å². The molecule has 0 aliphatic carbocycles. The second-order valence-corrected chi connectivity index (χ2v) is 2.67. The molecule has 3 nitrogen and oxygen atoms in total. The highest BCUT2D eigenvalue weighted by Gasteiger charge is 2.03. The minimum absolute atomic E-state index is 0.249. The fraction of sp³-hybridized carbons (Fsp3) is 0.273. The van der Waals surface area contributed by atoms with Crippen molar-refractivity contribution in [1.82, 2.24) is 0 Å². The molecule has 0 heterocycles. The van der Waals surface area contributed by atoms with Crippen LogP contribution in [-0.2, 0) is 6.54 Å². The van der Waals surface area contributed by atoms with Crippen LogP contribution in [0, 0.1) is 12.3 Å². The van der Waals surface area contributed by atoms with E-state index in [2.05, 4.69) is 5.92 Å². The first kappa shape index (κ1) is 10.4. The van der Waals surface area contributed by atoms with Gasteiger partial charge in [0.1, 0.15) is 18.1 Å². The van der Waals surface area contributed by atoms with Gasteiger partial charge in [-0.15, -0.1) is 6.42 Å². The molecule has 0 unspecified atom stereocenters. The summed E-state index contributed by atoms with van der Waals surface area (Å²) in [4.78, 5) is 0. The van der Waals surface area contributed by atoms with Crippen LogP contribution in [-0.4, -0.2) is 13.7 Å². The summed E-state index contributed by atoms with van der Waals surface area (Å²) in [6, 6.07) is 5.45. The Kier molecular flexibility index (Phi) is 3.84. The molecule has 0 bridgehead atoms. The minimum Gasteiger partial charge on any atom is -0.497 e. The molecule has 1 rings (SSSR count). The first-order valence-electron chi connectivity index (χ1n) is 4.25. The van der Waals surface area contributed by atoms with E-state index in [1.165, 1.54) is 0 Å². The van der Waals surface area contributed by atoms with Crippen LogP contribution in [0.1, 0.15) is 5.56 Å². The lowest BCUT2D eigenvalue weighted by Crippen LogP contribution is -2.03. The smallest absolute Gasteiger partial charge is 0.148 e. The molecule has 14 heavy (non-hydrogen) atoms. The number of nitrogens with two attached hydrogens (primary N) is 1. The molecule has 0 amide bonds. The van der Waals surface area contributed by atoms with E-state index in [4.69, 9.17) is 21.6 Å². The van der Waals surface area contributed by atoms with Crippen LogP contribution in [0.25, 0.3) is 0 Å². The summed E-state index contributed by atoms with van der Waals surface area (Å²) in [5.74, 6) is 3.88. The zero-order chi connectivity index (χ0) is 10.4.